The van der Waals surface area contributed by atoms with Crippen LogP contribution in [-0.4, -0.2) is 23.6 Å². The maximum absolute atomic E-state index is 12.1. The molecule has 1 aromatic carbocycles. The van der Waals surface area contributed by atoms with Crippen molar-refractivity contribution in [2.75, 3.05) is 4.72 Å². The van der Waals surface area contributed by atoms with Gasteiger partial charge in [-0.3, -0.25) is 5.10 Å². The lowest BCUT2D eigenvalue weighted by atomic mass is 10.2. The highest BCUT2D eigenvalue weighted by Gasteiger charge is 2.20. The van der Waals surface area contributed by atoms with Crippen molar-refractivity contribution >= 4 is 27.6 Å². The van der Waals surface area contributed by atoms with E-state index in [-0.39, 0.29) is 21.4 Å². The number of aromatic amines is 1. The third kappa shape index (κ3) is 2.83. The number of halogens is 1. The van der Waals surface area contributed by atoms with E-state index in [1.54, 1.807) is 6.92 Å². The van der Waals surface area contributed by atoms with Gasteiger partial charge in [0.15, 0.2) is 0 Å². The summed E-state index contributed by atoms with van der Waals surface area (Å²) in [7, 11) is -3.89. The maximum atomic E-state index is 12.1. The molecule has 0 amide bonds. The highest BCUT2D eigenvalue weighted by Crippen LogP contribution is 2.23. The van der Waals surface area contributed by atoms with Gasteiger partial charge in [0.2, 0.25) is 0 Å². The molecule has 98 valence electrons. The molecule has 1 heterocycles. The summed E-state index contributed by atoms with van der Waals surface area (Å²) in [5.74, 6) is 0.404. The molecule has 0 radical (unpaired) electrons. The second-order valence-corrected chi connectivity index (χ2v) is 5.66. The van der Waals surface area contributed by atoms with Gasteiger partial charge in [0.1, 0.15) is 10.7 Å². The number of H-pyrrole nitrogens is 1. The third-order valence-corrected chi connectivity index (χ3v) is 3.98. The number of aryl methyl sites for hydroxylation is 1. The van der Waals surface area contributed by atoms with Gasteiger partial charge in [-0.15, -0.1) is 5.10 Å². The number of anilines is 1. The second-order valence-electron chi connectivity index (χ2n) is 3.61. The number of rotatable bonds is 3. The first-order valence-corrected chi connectivity index (χ1v) is 6.90. The largest absolute Gasteiger partial charge is 0.265 e. The summed E-state index contributed by atoms with van der Waals surface area (Å²) in [6.07, 6.45) is 0. The van der Waals surface area contributed by atoms with Gasteiger partial charge in [0, 0.05) is 0 Å². The van der Waals surface area contributed by atoms with Crippen molar-refractivity contribution < 1.29 is 8.42 Å². The van der Waals surface area contributed by atoms with Crippen LogP contribution < -0.4 is 4.72 Å². The third-order valence-electron chi connectivity index (χ3n) is 2.17. The molecular formula is C10H8ClN5O2S. The zero-order valence-electron chi connectivity index (χ0n) is 9.68. The van der Waals surface area contributed by atoms with Gasteiger partial charge in [-0.25, -0.2) is 13.1 Å². The standard InChI is InChI=1S/C10H8ClN5O2S/c1-6-13-10(15-14-6)16-19(17,18)9-3-2-7(5-12)4-8(9)11/h2-4H,1H3,(H2,13,14,15,16). The van der Waals surface area contributed by atoms with Crippen molar-refractivity contribution in [2.24, 2.45) is 0 Å². The number of aromatic nitrogens is 3. The summed E-state index contributed by atoms with van der Waals surface area (Å²) in [6, 6.07) is 5.76. The van der Waals surface area contributed by atoms with E-state index < -0.39 is 10.0 Å². The van der Waals surface area contributed by atoms with Crippen LogP contribution in [0.3, 0.4) is 0 Å². The minimum atomic E-state index is -3.89. The first-order valence-electron chi connectivity index (χ1n) is 5.04. The summed E-state index contributed by atoms with van der Waals surface area (Å²) in [5.41, 5.74) is 0.276. The van der Waals surface area contributed by atoms with Crippen LogP contribution in [0, 0.1) is 18.3 Å². The van der Waals surface area contributed by atoms with Crippen LogP contribution in [0.1, 0.15) is 11.4 Å². The van der Waals surface area contributed by atoms with Crippen LogP contribution in [-0.2, 0) is 10.0 Å². The monoisotopic (exact) mass is 297 g/mol. The topological polar surface area (TPSA) is 112 Å². The van der Waals surface area contributed by atoms with Gasteiger partial charge in [-0.05, 0) is 25.1 Å². The maximum Gasteiger partial charge on any atom is 0.265 e. The van der Waals surface area contributed by atoms with Crippen LogP contribution >= 0.6 is 11.6 Å². The van der Waals surface area contributed by atoms with Crippen molar-refractivity contribution in [1.82, 2.24) is 15.2 Å². The molecule has 0 aliphatic carbocycles. The van der Waals surface area contributed by atoms with E-state index >= 15 is 0 Å². The first kappa shape index (κ1) is 13.3. The molecule has 2 N–H and O–H groups in total. The fraction of sp³-hybridized carbons (Fsp3) is 0.100. The molecule has 0 atom stereocenters. The lowest BCUT2D eigenvalue weighted by molar-refractivity contribution is 0.601. The lowest BCUT2D eigenvalue weighted by Gasteiger charge is -2.06. The molecule has 0 bridgehead atoms. The van der Waals surface area contributed by atoms with Crippen LogP contribution in [0.4, 0.5) is 5.95 Å². The highest BCUT2D eigenvalue weighted by atomic mass is 35.5. The van der Waals surface area contributed by atoms with Gasteiger partial charge in [-0.2, -0.15) is 10.2 Å². The van der Waals surface area contributed by atoms with Crippen molar-refractivity contribution in [2.45, 2.75) is 11.8 Å². The molecule has 9 heteroatoms. The Morgan fingerprint density at radius 3 is 2.74 bits per heavy atom. The molecule has 0 aliphatic rings. The molecule has 0 spiro atoms. The molecule has 0 fully saturated rings. The molecule has 1 aromatic heterocycles. The van der Waals surface area contributed by atoms with E-state index in [1.165, 1.54) is 18.2 Å². The molecule has 0 aliphatic heterocycles. The van der Waals surface area contributed by atoms with E-state index in [1.807, 2.05) is 6.07 Å². The zero-order chi connectivity index (χ0) is 14.0. The summed E-state index contributed by atoms with van der Waals surface area (Å²) >= 11 is 5.85. The van der Waals surface area contributed by atoms with Crippen molar-refractivity contribution in [3.8, 4) is 6.07 Å². The number of benzene rings is 1. The Bertz CT molecular complexity index is 762. The number of nitriles is 1. The predicted molar refractivity (Wildman–Crippen MR) is 68.1 cm³/mol. The van der Waals surface area contributed by atoms with Crippen molar-refractivity contribution in [3.63, 3.8) is 0 Å². The smallest absolute Gasteiger partial charge is 0.261 e. The molecule has 2 rings (SSSR count). The molecule has 19 heavy (non-hydrogen) atoms. The average Bonchev–Trinajstić information content (AvgIpc) is 2.73. The minimum Gasteiger partial charge on any atom is -0.261 e. The zero-order valence-corrected chi connectivity index (χ0v) is 11.2. The Kier molecular flexibility index (Phi) is 3.42. The number of nitrogens with zero attached hydrogens (tertiary/aromatic N) is 3. The molecule has 0 saturated heterocycles. The Hall–Kier alpha value is -2.11. The van der Waals surface area contributed by atoms with Crippen molar-refractivity contribution in [1.29, 1.82) is 5.26 Å². The van der Waals surface area contributed by atoms with E-state index in [2.05, 4.69) is 19.9 Å². The Morgan fingerprint density at radius 1 is 1.47 bits per heavy atom. The second kappa shape index (κ2) is 4.87. The summed E-state index contributed by atoms with van der Waals surface area (Å²) in [4.78, 5) is 3.69. The lowest BCUT2D eigenvalue weighted by Crippen LogP contribution is -2.14. The summed E-state index contributed by atoms with van der Waals surface area (Å²) in [5, 5.41) is 14.8. The Morgan fingerprint density at radius 2 is 2.21 bits per heavy atom. The fourth-order valence-corrected chi connectivity index (χ4v) is 2.84. The molecule has 7 nitrogen and oxygen atoms in total. The fourth-order valence-electron chi connectivity index (χ4n) is 1.35. The van der Waals surface area contributed by atoms with Crippen LogP contribution in [0.25, 0.3) is 0 Å². The minimum absolute atomic E-state index is 0.0428. The quantitative estimate of drug-likeness (QED) is 0.890. The SMILES string of the molecule is Cc1nc(NS(=O)(=O)c2ccc(C#N)cc2Cl)n[nH]1. The van der Waals surface area contributed by atoms with Gasteiger partial charge in [0.25, 0.3) is 16.0 Å². The number of hydrogen-bond acceptors (Lipinski definition) is 5. The number of sulfonamides is 1. The highest BCUT2D eigenvalue weighted by molar-refractivity contribution is 7.92. The Labute approximate surface area is 114 Å². The van der Waals surface area contributed by atoms with E-state index in [0.29, 0.717) is 5.82 Å². The first-order chi connectivity index (χ1) is 8.92. The van der Waals surface area contributed by atoms with Gasteiger partial charge < -0.3 is 0 Å². The van der Waals surface area contributed by atoms with Gasteiger partial charge in [0.05, 0.1) is 16.7 Å². The predicted octanol–water partition coefficient (Wildman–Crippen LogP) is 1.44. The molecule has 0 saturated carbocycles. The van der Waals surface area contributed by atoms with Gasteiger partial charge >= 0.3 is 0 Å². The van der Waals surface area contributed by atoms with Gasteiger partial charge in [-0.1, -0.05) is 11.6 Å². The van der Waals surface area contributed by atoms with Crippen LogP contribution in [0.2, 0.25) is 5.02 Å². The van der Waals surface area contributed by atoms with Crippen LogP contribution in [0.5, 0.6) is 0 Å². The molecular weight excluding hydrogens is 290 g/mol. The van der Waals surface area contributed by atoms with E-state index in [0.717, 1.165) is 0 Å². The Balaban J connectivity index is 2.37. The summed E-state index contributed by atoms with van der Waals surface area (Å²) in [6.45, 7) is 1.64. The molecule has 0 unspecified atom stereocenters. The molecule has 2 aromatic rings. The van der Waals surface area contributed by atoms with Crippen molar-refractivity contribution in [3.05, 3.63) is 34.6 Å². The average molecular weight is 298 g/mol. The summed E-state index contributed by atoms with van der Waals surface area (Å²) < 4.78 is 26.3. The van der Waals surface area contributed by atoms with E-state index in [9.17, 15) is 8.42 Å². The van der Waals surface area contributed by atoms with E-state index in [4.69, 9.17) is 16.9 Å². The number of hydrogen-bond donors (Lipinski definition) is 2. The normalized spacial score (nSPS) is 11.0. The van der Waals surface area contributed by atoms with Crippen LogP contribution in [0.15, 0.2) is 23.1 Å². The number of nitrogens with one attached hydrogen (secondary N) is 2.